The zero-order valence-electron chi connectivity index (χ0n) is 11.6. The van der Waals surface area contributed by atoms with Gasteiger partial charge >= 0.3 is 0 Å². The van der Waals surface area contributed by atoms with Crippen LogP contribution in [0.15, 0.2) is 22.7 Å². The van der Waals surface area contributed by atoms with Crippen molar-refractivity contribution in [2.24, 2.45) is 0 Å². The fraction of sp³-hybridized carbons (Fsp3) is 0.500. The van der Waals surface area contributed by atoms with Gasteiger partial charge in [0, 0.05) is 22.6 Å². The Balaban J connectivity index is 2.25. The molecule has 1 amide bonds. The number of halogens is 1. The van der Waals surface area contributed by atoms with E-state index < -0.39 is 9.84 Å². The van der Waals surface area contributed by atoms with Crippen molar-refractivity contribution in [1.82, 2.24) is 4.90 Å². The van der Waals surface area contributed by atoms with Crippen molar-refractivity contribution < 1.29 is 13.2 Å². The number of hydrogen-bond acceptors (Lipinski definition) is 3. The van der Waals surface area contributed by atoms with E-state index in [4.69, 9.17) is 0 Å². The van der Waals surface area contributed by atoms with E-state index in [1.807, 2.05) is 26.0 Å². The Morgan fingerprint density at radius 1 is 1.40 bits per heavy atom. The molecule has 0 spiro atoms. The topological polar surface area (TPSA) is 54.5 Å². The minimum Gasteiger partial charge on any atom is -0.335 e. The van der Waals surface area contributed by atoms with Crippen LogP contribution in [0.2, 0.25) is 0 Å². The molecule has 1 heterocycles. The van der Waals surface area contributed by atoms with Gasteiger partial charge in [0.15, 0.2) is 9.84 Å². The van der Waals surface area contributed by atoms with Gasteiger partial charge in [-0.15, -0.1) is 0 Å². The molecule has 2 rings (SSSR count). The number of carbonyl (C=O) groups excluding carboxylic acids is 1. The Hall–Kier alpha value is -0.880. The zero-order valence-corrected chi connectivity index (χ0v) is 14.0. The number of sulfone groups is 1. The van der Waals surface area contributed by atoms with Crippen LogP contribution >= 0.6 is 15.9 Å². The third-order valence-corrected chi connectivity index (χ3v) is 5.75. The van der Waals surface area contributed by atoms with Gasteiger partial charge in [-0.3, -0.25) is 4.79 Å². The molecule has 1 aliphatic rings. The maximum atomic E-state index is 12.6. The SMILES string of the molecule is CCN(C(=O)c1cc(C)cc(Br)c1)C1CCS(=O)(=O)C1. The molecule has 0 aromatic heterocycles. The number of rotatable bonds is 3. The molecule has 110 valence electrons. The molecule has 0 N–H and O–H groups in total. The Kier molecular flexibility index (Phi) is 4.54. The molecule has 6 heteroatoms. The van der Waals surface area contributed by atoms with Crippen LogP contribution in [0.5, 0.6) is 0 Å². The number of carbonyl (C=O) groups is 1. The highest BCUT2D eigenvalue weighted by Crippen LogP contribution is 2.22. The Morgan fingerprint density at radius 2 is 2.10 bits per heavy atom. The van der Waals surface area contributed by atoms with E-state index in [-0.39, 0.29) is 23.5 Å². The van der Waals surface area contributed by atoms with Crippen molar-refractivity contribution in [3.63, 3.8) is 0 Å². The molecule has 1 aromatic carbocycles. The third kappa shape index (κ3) is 3.41. The van der Waals surface area contributed by atoms with Crippen LogP contribution in [-0.2, 0) is 9.84 Å². The second-order valence-corrected chi connectivity index (χ2v) is 8.31. The van der Waals surface area contributed by atoms with Crippen LogP contribution < -0.4 is 0 Å². The first-order valence-electron chi connectivity index (χ1n) is 6.61. The minimum absolute atomic E-state index is 0.0829. The number of amides is 1. The lowest BCUT2D eigenvalue weighted by Gasteiger charge is -2.27. The molecular weight excluding hydrogens is 342 g/mol. The van der Waals surface area contributed by atoms with E-state index in [1.165, 1.54) is 0 Å². The normalized spacial score (nSPS) is 20.9. The van der Waals surface area contributed by atoms with Crippen molar-refractivity contribution in [2.75, 3.05) is 18.1 Å². The molecule has 1 unspecified atom stereocenters. The van der Waals surface area contributed by atoms with Crippen LogP contribution in [0.1, 0.15) is 29.3 Å². The molecule has 4 nitrogen and oxygen atoms in total. The summed E-state index contributed by atoms with van der Waals surface area (Å²) < 4.78 is 24.0. The smallest absolute Gasteiger partial charge is 0.254 e. The largest absolute Gasteiger partial charge is 0.335 e. The van der Waals surface area contributed by atoms with Gasteiger partial charge in [0.1, 0.15) is 0 Å². The average molecular weight is 360 g/mol. The molecule has 1 saturated heterocycles. The van der Waals surface area contributed by atoms with E-state index in [9.17, 15) is 13.2 Å². The summed E-state index contributed by atoms with van der Waals surface area (Å²) in [5, 5.41) is 0. The number of benzene rings is 1. The van der Waals surface area contributed by atoms with Gasteiger partial charge in [-0.25, -0.2) is 8.42 Å². The summed E-state index contributed by atoms with van der Waals surface area (Å²) in [6.45, 7) is 4.33. The second kappa shape index (κ2) is 5.85. The average Bonchev–Trinajstić information content (AvgIpc) is 2.69. The van der Waals surface area contributed by atoms with Crippen molar-refractivity contribution >= 4 is 31.7 Å². The van der Waals surface area contributed by atoms with Gasteiger partial charge in [0.2, 0.25) is 0 Å². The summed E-state index contributed by atoms with van der Waals surface area (Å²) >= 11 is 3.39. The van der Waals surface area contributed by atoms with Crippen molar-refractivity contribution in [1.29, 1.82) is 0 Å². The molecule has 0 radical (unpaired) electrons. The fourth-order valence-electron chi connectivity index (χ4n) is 2.61. The van der Waals surface area contributed by atoms with E-state index in [2.05, 4.69) is 15.9 Å². The number of nitrogens with zero attached hydrogens (tertiary/aromatic N) is 1. The summed E-state index contributed by atoms with van der Waals surface area (Å²) in [5.41, 5.74) is 1.60. The summed E-state index contributed by atoms with van der Waals surface area (Å²) in [5.74, 6) is 0.164. The lowest BCUT2D eigenvalue weighted by Crippen LogP contribution is -2.41. The molecule has 0 saturated carbocycles. The Bertz CT molecular complexity index is 607. The number of aryl methyl sites for hydroxylation is 1. The second-order valence-electron chi connectivity index (χ2n) is 5.17. The molecule has 20 heavy (non-hydrogen) atoms. The first-order chi connectivity index (χ1) is 9.32. The Morgan fingerprint density at radius 3 is 2.60 bits per heavy atom. The van der Waals surface area contributed by atoms with Crippen molar-refractivity contribution in [3.8, 4) is 0 Å². The molecule has 0 aliphatic carbocycles. The highest BCUT2D eigenvalue weighted by molar-refractivity contribution is 9.10. The zero-order chi connectivity index (χ0) is 14.9. The maximum absolute atomic E-state index is 12.6. The molecule has 1 aromatic rings. The monoisotopic (exact) mass is 359 g/mol. The van der Waals surface area contributed by atoms with Crippen molar-refractivity contribution in [3.05, 3.63) is 33.8 Å². The molecule has 1 atom stereocenters. The van der Waals surface area contributed by atoms with Gasteiger partial charge in [-0.1, -0.05) is 15.9 Å². The van der Waals surface area contributed by atoms with Gasteiger partial charge in [0.05, 0.1) is 11.5 Å². The van der Waals surface area contributed by atoms with Crippen LogP contribution in [0.3, 0.4) is 0 Å². The number of hydrogen-bond donors (Lipinski definition) is 0. The quantitative estimate of drug-likeness (QED) is 0.832. The third-order valence-electron chi connectivity index (χ3n) is 3.54. The lowest BCUT2D eigenvalue weighted by atomic mass is 10.1. The lowest BCUT2D eigenvalue weighted by molar-refractivity contribution is 0.0708. The molecule has 0 bridgehead atoms. The fourth-order valence-corrected chi connectivity index (χ4v) is 4.95. The molecular formula is C14H18BrNO3S. The summed E-state index contributed by atoms with van der Waals surface area (Å²) in [7, 11) is -2.99. The standard InChI is InChI=1S/C14H18BrNO3S/c1-3-16(13-4-5-20(18,19)9-13)14(17)11-6-10(2)7-12(15)8-11/h6-8,13H,3-5,9H2,1-2H3. The van der Waals surface area contributed by atoms with Crippen LogP contribution in [0.4, 0.5) is 0 Å². The van der Waals surface area contributed by atoms with Gasteiger partial charge in [0.25, 0.3) is 5.91 Å². The van der Waals surface area contributed by atoms with Crippen LogP contribution in [0.25, 0.3) is 0 Å². The van der Waals surface area contributed by atoms with Gasteiger partial charge < -0.3 is 4.90 Å². The van der Waals surface area contributed by atoms with E-state index in [0.29, 0.717) is 18.5 Å². The van der Waals surface area contributed by atoms with E-state index in [0.717, 1.165) is 10.0 Å². The predicted octanol–water partition coefficient (Wildman–Crippen LogP) is 2.41. The summed E-state index contributed by atoms with van der Waals surface area (Å²) in [6.07, 6.45) is 0.537. The first-order valence-corrected chi connectivity index (χ1v) is 9.22. The van der Waals surface area contributed by atoms with E-state index >= 15 is 0 Å². The highest BCUT2D eigenvalue weighted by atomic mass is 79.9. The molecule has 1 aliphatic heterocycles. The van der Waals surface area contributed by atoms with Gasteiger partial charge in [-0.2, -0.15) is 0 Å². The van der Waals surface area contributed by atoms with E-state index in [1.54, 1.807) is 11.0 Å². The van der Waals surface area contributed by atoms with Crippen molar-refractivity contribution in [2.45, 2.75) is 26.3 Å². The Labute approximate surface area is 128 Å². The highest BCUT2D eigenvalue weighted by Gasteiger charge is 2.34. The van der Waals surface area contributed by atoms with Crippen LogP contribution in [-0.4, -0.2) is 43.3 Å². The molecule has 1 fully saturated rings. The first kappa shape index (κ1) is 15.5. The predicted molar refractivity (Wildman–Crippen MR) is 82.6 cm³/mol. The summed E-state index contributed by atoms with van der Waals surface area (Å²) in [4.78, 5) is 14.3. The van der Waals surface area contributed by atoms with Crippen LogP contribution in [0, 0.1) is 6.92 Å². The summed E-state index contributed by atoms with van der Waals surface area (Å²) in [6, 6.07) is 5.35. The van der Waals surface area contributed by atoms with Gasteiger partial charge in [-0.05, 0) is 44.0 Å². The maximum Gasteiger partial charge on any atom is 0.254 e. The minimum atomic E-state index is -2.99.